The molecule has 11 atom stereocenters. The minimum Gasteiger partial charge on any atom is -0.393 e. The lowest BCUT2D eigenvalue weighted by Crippen LogP contribution is -2.62. The fourth-order valence-corrected chi connectivity index (χ4v) is 10.4. The Morgan fingerprint density at radius 3 is 2.31 bits per heavy atom. The molecule has 0 aromatic heterocycles. The van der Waals surface area contributed by atoms with Crippen molar-refractivity contribution < 1.29 is 27.4 Å². The molecule has 0 saturated heterocycles. The van der Waals surface area contributed by atoms with Gasteiger partial charge in [0, 0.05) is 0 Å². The molecule has 35 heavy (non-hydrogen) atoms. The van der Waals surface area contributed by atoms with Gasteiger partial charge in [0.25, 0.3) is 0 Å². The van der Waals surface area contributed by atoms with Crippen LogP contribution in [0.5, 0.6) is 0 Å². The van der Waals surface area contributed by atoms with E-state index >= 15 is 0 Å². The second-order valence-electron chi connectivity index (χ2n) is 13.2. The van der Waals surface area contributed by atoms with Crippen molar-refractivity contribution in [2.24, 2.45) is 52.3 Å². The minimum absolute atomic E-state index is 0.0484. The summed E-state index contributed by atoms with van der Waals surface area (Å²) < 4.78 is 34.5. The molecular formula is C28H50O6S. The first-order valence-electron chi connectivity index (χ1n) is 14.4. The van der Waals surface area contributed by atoms with Crippen molar-refractivity contribution in [1.29, 1.82) is 0 Å². The molecule has 4 fully saturated rings. The molecule has 3 unspecified atom stereocenters. The van der Waals surface area contributed by atoms with Crippen molar-refractivity contribution >= 4 is 10.4 Å². The van der Waals surface area contributed by atoms with Gasteiger partial charge in [0.2, 0.25) is 0 Å². The van der Waals surface area contributed by atoms with Crippen LogP contribution in [0.1, 0.15) is 105 Å². The number of rotatable bonds is 9. The molecule has 204 valence electrons. The van der Waals surface area contributed by atoms with Crippen molar-refractivity contribution in [3.05, 3.63) is 0 Å². The van der Waals surface area contributed by atoms with Crippen LogP contribution in [0, 0.1) is 52.3 Å². The van der Waals surface area contributed by atoms with Gasteiger partial charge in [-0.1, -0.05) is 53.4 Å². The predicted molar refractivity (Wildman–Crippen MR) is 137 cm³/mol. The summed E-state index contributed by atoms with van der Waals surface area (Å²) >= 11 is 0. The van der Waals surface area contributed by atoms with E-state index in [0.717, 1.165) is 44.9 Å². The Bertz CT molecular complexity index is 831. The van der Waals surface area contributed by atoms with Crippen molar-refractivity contribution in [3.8, 4) is 0 Å². The van der Waals surface area contributed by atoms with Crippen LogP contribution in [0.2, 0.25) is 0 Å². The van der Waals surface area contributed by atoms with Crippen LogP contribution in [-0.2, 0) is 14.6 Å². The largest absolute Gasteiger partial charge is 0.397 e. The molecule has 6 nitrogen and oxygen atoms in total. The highest BCUT2D eigenvalue weighted by atomic mass is 32.3. The van der Waals surface area contributed by atoms with Gasteiger partial charge in [0.1, 0.15) is 0 Å². The van der Waals surface area contributed by atoms with Gasteiger partial charge in [0.15, 0.2) is 0 Å². The Hall–Kier alpha value is -0.210. The minimum atomic E-state index is -4.33. The van der Waals surface area contributed by atoms with Crippen LogP contribution in [0.25, 0.3) is 0 Å². The average molecular weight is 515 g/mol. The van der Waals surface area contributed by atoms with E-state index in [-0.39, 0.29) is 29.6 Å². The summed E-state index contributed by atoms with van der Waals surface area (Å²) in [6.45, 7) is 9.70. The van der Waals surface area contributed by atoms with Crippen LogP contribution in [-0.4, -0.2) is 42.0 Å². The number of unbranched alkanes of at least 4 members (excludes halogenated alkanes) is 2. The lowest BCUT2D eigenvalue weighted by atomic mass is 9.41. The van der Waals surface area contributed by atoms with Gasteiger partial charge in [-0.05, 0) is 104 Å². The Morgan fingerprint density at radius 2 is 1.63 bits per heavy atom. The molecule has 0 heterocycles. The van der Waals surface area contributed by atoms with Crippen LogP contribution in [0.15, 0.2) is 0 Å². The predicted octanol–water partition coefficient (Wildman–Crippen LogP) is 5.63. The van der Waals surface area contributed by atoms with Crippen LogP contribution in [0.3, 0.4) is 0 Å². The van der Waals surface area contributed by atoms with E-state index in [2.05, 4.69) is 31.9 Å². The second-order valence-corrected chi connectivity index (χ2v) is 14.3. The van der Waals surface area contributed by atoms with Gasteiger partial charge < -0.3 is 10.2 Å². The standard InChI is InChI=1S/C28H50O6S/c1-5-20-24-17-19(29)12-14-28(24,4)23-13-15-27(3)21(10-11-22(27)25(23)26(20)30)18(2)9-7-6-8-16-34-35(31,32)33/h18-26,29-30H,5-17H2,1-4H3,(H,31,32,33)/t18-,19-,20-,21-,22?,23?,24+,25?,26-,27-,28-/m1/s1. The number of hydrogen-bond acceptors (Lipinski definition) is 5. The molecular weight excluding hydrogens is 464 g/mol. The van der Waals surface area contributed by atoms with Crippen LogP contribution >= 0.6 is 0 Å². The summed E-state index contributed by atoms with van der Waals surface area (Å²) in [5.74, 6) is 3.59. The normalized spacial score (nSPS) is 46.5. The van der Waals surface area contributed by atoms with E-state index in [0.29, 0.717) is 47.8 Å². The Balaban J connectivity index is 1.42. The van der Waals surface area contributed by atoms with Crippen molar-refractivity contribution in [2.75, 3.05) is 6.61 Å². The number of fused-ring (bicyclic) bond motifs is 5. The van der Waals surface area contributed by atoms with Crippen LogP contribution in [0.4, 0.5) is 0 Å². The van der Waals surface area contributed by atoms with Gasteiger partial charge >= 0.3 is 10.4 Å². The second kappa shape index (κ2) is 10.5. The van der Waals surface area contributed by atoms with E-state index < -0.39 is 10.4 Å². The fourth-order valence-electron chi connectivity index (χ4n) is 10.0. The monoisotopic (exact) mass is 514 g/mol. The van der Waals surface area contributed by atoms with Gasteiger partial charge in [-0.15, -0.1) is 0 Å². The zero-order valence-corrected chi connectivity index (χ0v) is 23.2. The molecule has 0 aliphatic heterocycles. The van der Waals surface area contributed by atoms with Crippen molar-refractivity contribution in [1.82, 2.24) is 0 Å². The van der Waals surface area contributed by atoms with E-state index in [1.165, 1.54) is 25.7 Å². The van der Waals surface area contributed by atoms with Gasteiger partial charge in [-0.3, -0.25) is 4.55 Å². The first-order chi connectivity index (χ1) is 16.4. The lowest BCUT2D eigenvalue weighted by molar-refractivity contribution is -0.203. The molecule has 0 bridgehead atoms. The summed E-state index contributed by atoms with van der Waals surface area (Å²) in [4.78, 5) is 0. The number of aliphatic hydroxyl groups is 2. The molecule has 0 spiro atoms. The first kappa shape index (κ1) is 27.8. The van der Waals surface area contributed by atoms with Gasteiger partial charge in [0.05, 0.1) is 18.8 Å². The van der Waals surface area contributed by atoms with Crippen molar-refractivity contribution in [2.45, 2.75) is 117 Å². The van der Waals surface area contributed by atoms with Crippen molar-refractivity contribution in [3.63, 3.8) is 0 Å². The summed E-state index contributed by atoms with van der Waals surface area (Å²) in [6.07, 6.45) is 12.1. The maximum absolute atomic E-state index is 11.8. The molecule has 4 saturated carbocycles. The SMILES string of the molecule is CC[C@H]1[C@@H](O)C2C3CC[C@H]([C@H](C)CCCCCOS(=O)(=O)O)[C@@]3(C)CCC2[C@@]2(C)CC[C@@H](O)C[C@@H]12. The maximum atomic E-state index is 11.8. The van der Waals surface area contributed by atoms with Crippen LogP contribution < -0.4 is 0 Å². The highest BCUT2D eigenvalue weighted by Gasteiger charge is 2.64. The third-order valence-corrected chi connectivity index (χ3v) is 12.2. The number of aliphatic hydroxyl groups excluding tert-OH is 2. The summed E-state index contributed by atoms with van der Waals surface area (Å²) in [5, 5.41) is 22.3. The van der Waals surface area contributed by atoms with E-state index in [9.17, 15) is 18.6 Å². The summed E-state index contributed by atoms with van der Waals surface area (Å²) in [5.41, 5.74) is 0.532. The molecule has 7 heteroatoms. The smallest absolute Gasteiger partial charge is 0.393 e. The van der Waals surface area contributed by atoms with E-state index in [1.807, 2.05) is 0 Å². The first-order valence-corrected chi connectivity index (χ1v) is 15.8. The fraction of sp³-hybridized carbons (Fsp3) is 1.00. The highest BCUT2D eigenvalue weighted by molar-refractivity contribution is 7.80. The topological polar surface area (TPSA) is 104 Å². The van der Waals surface area contributed by atoms with Gasteiger partial charge in [-0.2, -0.15) is 8.42 Å². The number of hydrogen-bond donors (Lipinski definition) is 3. The maximum Gasteiger partial charge on any atom is 0.397 e. The Morgan fingerprint density at radius 1 is 0.943 bits per heavy atom. The molecule has 4 rings (SSSR count). The van der Waals surface area contributed by atoms with E-state index in [4.69, 9.17) is 4.55 Å². The van der Waals surface area contributed by atoms with Gasteiger partial charge in [-0.25, -0.2) is 4.18 Å². The lowest BCUT2D eigenvalue weighted by Gasteiger charge is -2.64. The molecule has 0 aromatic carbocycles. The third-order valence-electron chi connectivity index (χ3n) is 11.7. The molecule has 0 radical (unpaired) electrons. The molecule has 0 aromatic rings. The molecule has 0 amide bonds. The average Bonchev–Trinajstić information content (AvgIpc) is 3.14. The van der Waals surface area contributed by atoms with E-state index in [1.54, 1.807) is 0 Å². The zero-order chi connectivity index (χ0) is 25.6. The molecule has 3 N–H and O–H groups in total. The Labute approximate surface area is 213 Å². The summed E-state index contributed by atoms with van der Waals surface area (Å²) in [7, 11) is -4.33. The summed E-state index contributed by atoms with van der Waals surface area (Å²) in [6, 6.07) is 0. The third kappa shape index (κ3) is 5.23. The Kier molecular flexibility index (Phi) is 8.35. The quantitative estimate of drug-likeness (QED) is 0.272. The highest BCUT2D eigenvalue weighted by Crippen LogP contribution is 2.69. The molecule has 4 aliphatic rings. The zero-order valence-electron chi connectivity index (χ0n) is 22.4. The molecule has 4 aliphatic carbocycles.